The smallest absolute Gasteiger partial charge is 0.294 e. The standard InChI is InChI=1S/C32H53N5O6/c1-19(2)25(21(5)22-9-14-30-27(16-22)29(35-36-30)8-7-15-42-6)17-28(33)31(38)18-26(20(3)4)32(39)34-23-10-12-24(13-11-23)43-37(40)41/h9,14,16,19-21,23-26,28,31,38H,7-8,10-13,15,17-18,33H2,1-6H3,(H,34,39)(H,35,36)/t21?,23?,24?,25-,26-,28-,31-/m0/s1. The van der Waals surface area contributed by atoms with Gasteiger partial charge in [-0.2, -0.15) is 5.10 Å². The number of benzene rings is 1. The van der Waals surface area contributed by atoms with Gasteiger partial charge >= 0.3 is 0 Å². The number of nitrogens with two attached hydrogens (primary N) is 1. The third kappa shape index (κ3) is 9.87. The van der Waals surface area contributed by atoms with Crippen LogP contribution in [0.3, 0.4) is 0 Å². The lowest BCUT2D eigenvalue weighted by Crippen LogP contribution is -2.46. The molecule has 43 heavy (non-hydrogen) atoms. The highest BCUT2D eigenvalue weighted by molar-refractivity contribution is 5.82. The van der Waals surface area contributed by atoms with E-state index < -0.39 is 23.3 Å². The number of fused-ring (bicyclic) bond motifs is 1. The van der Waals surface area contributed by atoms with Crippen LogP contribution in [-0.2, 0) is 20.8 Å². The number of aromatic nitrogens is 2. The maximum atomic E-state index is 13.3. The van der Waals surface area contributed by atoms with Crippen molar-refractivity contribution in [1.29, 1.82) is 0 Å². The average Bonchev–Trinajstić information content (AvgIpc) is 3.36. The summed E-state index contributed by atoms with van der Waals surface area (Å²) in [5.41, 5.74) is 9.94. The van der Waals surface area contributed by atoms with E-state index in [-0.39, 0.29) is 42.0 Å². The number of amides is 1. The zero-order chi connectivity index (χ0) is 31.7. The predicted molar refractivity (Wildman–Crippen MR) is 167 cm³/mol. The Labute approximate surface area is 255 Å². The number of aliphatic hydroxyl groups is 1. The maximum absolute atomic E-state index is 13.3. The Hall–Kier alpha value is -2.76. The van der Waals surface area contributed by atoms with E-state index in [0.717, 1.165) is 29.4 Å². The van der Waals surface area contributed by atoms with E-state index in [1.54, 1.807) is 7.11 Å². The quantitative estimate of drug-likeness (QED) is 0.113. The normalized spacial score (nSPS) is 21.0. The number of hydrogen-bond acceptors (Lipinski definition) is 8. The lowest BCUT2D eigenvalue weighted by atomic mass is 9.75. The molecule has 0 bridgehead atoms. The number of H-pyrrole nitrogens is 1. The van der Waals surface area contributed by atoms with Crippen molar-refractivity contribution in [2.24, 2.45) is 29.4 Å². The van der Waals surface area contributed by atoms with Crippen LogP contribution in [0.5, 0.6) is 0 Å². The van der Waals surface area contributed by atoms with Crippen molar-refractivity contribution in [2.45, 2.75) is 116 Å². The largest absolute Gasteiger partial charge is 0.391 e. The molecule has 1 aliphatic carbocycles. The van der Waals surface area contributed by atoms with Crippen molar-refractivity contribution >= 4 is 16.8 Å². The molecule has 0 aliphatic heterocycles. The molecule has 11 heteroatoms. The fourth-order valence-electron chi connectivity index (χ4n) is 6.58. The average molecular weight is 604 g/mol. The molecule has 1 fully saturated rings. The number of methoxy groups -OCH3 is 1. The van der Waals surface area contributed by atoms with Gasteiger partial charge in [0.05, 0.1) is 11.6 Å². The van der Waals surface area contributed by atoms with E-state index in [9.17, 15) is 20.0 Å². The van der Waals surface area contributed by atoms with E-state index >= 15 is 0 Å². The summed E-state index contributed by atoms with van der Waals surface area (Å²) < 4.78 is 5.21. The molecule has 1 aromatic carbocycles. The Balaban J connectivity index is 1.62. The van der Waals surface area contributed by atoms with Crippen LogP contribution >= 0.6 is 0 Å². The molecule has 0 saturated heterocycles. The number of ether oxygens (including phenoxy) is 1. The minimum absolute atomic E-state index is 0.0237. The SMILES string of the molecule is COCCCc1[nH]nc2ccc(C(C)[C@@H](C[C@H](N)[C@@H](O)C[C@H](C(=O)NC3CCC(O[N+](=O)[O-])CC3)C(C)C)C(C)C)cc12. The molecule has 242 valence electrons. The molecule has 1 saturated carbocycles. The molecule has 1 aliphatic rings. The summed E-state index contributed by atoms with van der Waals surface area (Å²) in [7, 11) is 1.71. The maximum Gasteiger partial charge on any atom is 0.294 e. The molecule has 3 rings (SSSR count). The molecule has 2 aromatic rings. The van der Waals surface area contributed by atoms with Crippen LogP contribution < -0.4 is 11.1 Å². The Bertz CT molecular complexity index is 1160. The van der Waals surface area contributed by atoms with E-state index in [1.165, 1.54) is 5.56 Å². The Morgan fingerprint density at radius 3 is 2.47 bits per heavy atom. The zero-order valence-electron chi connectivity index (χ0n) is 26.8. The highest BCUT2D eigenvalue weighted by Gasteiger charge is 2.33. The highest BCUT2D eigenvalue weighted by atomic mass is 17.0. The third-order valence-electron chi connectivity index (χ3n) is 9.39. The molecule has 1 aromatic heterocycles. The molecule has 5 atom stereocenters. The number of carbonyl (C=O) groups is 1. The van der Waals surface area contributed by atoms with Crippen molar-refractivity contribution in [3.8, 4) is 0 Å². The topological polar surface area (TPSA) is 166 Å². The summed E-state index contributed by atoms with van der Waals surface area (Å²) in [6.45, 7) is 11.3. The summed E-state index contributed by atoms with van der Waals surface area (Å²) in [6.07, 6.45) is 3.80. The van der Waals surface area contributed by atoms with Gasteiger partial charge in [-0.05, 0) is 92.7 Å². The molecule has 0 radical (unpaired) electrons. The van der Waals surface area contributed by atoms with Crippen molar-refractivity contribution in [1.82, 2.24) is 15.5 Å². The van der Waals surface area contributed by atoms with Gasteiger partial charge in [0, 0.05) is 42.8 Å². The first-order chi connectivity index (χ1) is 20.4. The molecular weight excluding hydrogens is 550 g/mol. The van der Waals surface area contributed by atoms with E-state index in [2.05, 4.69) is 54.5 Å². The van der Waals surface area contributed by atoms with Crippen molar-refractivity contribution < 1.29 is 24.6 Å². The monoisotopic (exact) mass is 603 g/mol. The van der Waals surface area contributed by atoms with Crippen LogP contribution in [0.15, 0.2) is 18.2 Å². The van der Waals surface area contributed by atoms with Crippen molar-refractivity contribution in [3.63, 3.8) is 0 Å². The fourth-order valence-corrected chi connectivity index (χ4v) is 6.58. The highest BCUT2D eigenvalue weighted by Crippen LogP contribution is 2.36. The molecule has 1 amide bonds. The number of aromatic amines is 1. The lowest BCUT2D eigenvalue weighted by Gasteiger charge is -2.34. The van der Waals surface area contributed by atoms with Crippen molar-refractivity contribution in [2.75, 3.05) is 13.7 Å². The molecule has 1 heterocycles. The first-order valence-corrected chi connectivity index (χ1v) is 15.9. The van der Waals surface area contributed by atoms with E-state index in [4.69, 9.17) is 15.3 Å². The number of carbonyl (C=O) groups excluding carboxylic acids is 1. The van der Waals surface area contributed by atoms with Crippen LogP contribution in [0.1, 0.15) is 96.7 Å². The number of nitrogens with zero attached hydrogens (tertiary/aromatic N) is 2. The number of nitrogens with one attached hydrogen (secondary N) is 2. The Morgan fingerprint density at radius 1 is 1.16 bits per heavy atom. The van der Waals surface area contributed by atoms with Gasteiger partial charge in [-0.1, -0.05) is 40.7 Å². The van der Waals surface area contributed by atoms with Crippen LogP contribution in [0.25, 0.3) is 10.9 Å². The number of hydrogen-bond donors (Lipinski definition) is 4. The number of aliphatic hydroxyl groups excluding tert-OH is 1. The summed E-state index contributed by atoms with van der Waals surface area (Å²) in [6, 6.07) is 5.92. The third-order valence-corrected chi connectivity index (χ3v) is 9.39. The first-order valence-electron chi connectivity index (χ1n) is 15.9. The Morgan fingerprint density at radius 2 is 1.86 bits per heavy atom. The summed E-state index contributed by atoms with van der Waals surface area (Å²) in [4.78, 5) is 28.6. The predicted octanol–water partition coefficient (Wildman–Crippen LogP) is 4.89. The minimum Gasteiger partial charge on any atom is -0.391 e. The van der Waals surface area contributed by atoms with Gasteiger partial charge in [0.15, 0.2) is 0 Å². The van der Waals surface area contributed by atoms with Gasteiger partial charge < -0.3 is 25.7 Å². The van der Waals surface area contributed by atoms with Gasteiger partial charge in [-0.15, -0.1) is 10.1 Å². The fraction of sp³-hybridized carbons (Fsp3) is 0.750. The second-order valence-corrected chi connectivity index (χ2v) is 13.1. The minimum atomic E-state index is -0.820. The van der Waals surface area contributed by atoms with Gasteiger partial charge in [0.25, 0.3) is 5.09 Å². The first kappa shape index (κ1) is 34.7. The van der Waals surface area contributed by atoms with Crippen LogP contribution in [-0.4, -0.2) is 64.3 Å². The molecule has 11 nitrogen and oxygen atoms in total. The zero-order valence-corrected chi connectivity index (χ0v) is 26.8. The second-order valence-electron chi connectivity index (χ2n) is 13.1. The number of aryl methyl sites for hydroxylation is 1. The second kappa shape index (κ2) is 16.4. The lowest BCUT2D eigenvalue weighted by molar-refractivity contribution is -0.769. The Kier molecular flexibility index (Phi) is 13.2. The van der Waals surface area contributed by atoms with Crippen LogP contribution in [0.2, 0.25) is 0 Å². The van der Waals surface area contributed by atoms with Crippen LogP contribution in [0, 0.1) is 33.8 Å². The van der Waals surface area contributed by atoms with E-state index in [1.807, 2.05) is 13.8 Å². The van der Waals surface area contributed by atoms with Gasteiger partial charge in [-0.25, -0.2) is 0 Å². The number of rotatable bonds is 17. The van der Waals surface area contributed by atoms with Crippen LogP contribution in [0.4, 0.5) is 0 Å². The van der Waals surface area contributed by atoms with Crippen molar-refractivity contribution in [3.05, 3.63) is 39.6 Å². The molecule has 0 spiro atoms. The summed E-state index contributed by atoms with van der Waals surface area (Å²) in [5.74, 6) is 0.327. The van der Waals surface area contributed by atoms with E-state index in [0.29, 0.717) is 44.6 Å². The van der Waals surface area contributed by atoms with Gasteiger partial charge in [-0.3, -0.25) is 9.89 Å². The summed E-state index contributed by atoms with van der Waals surface area (Å²) in [5, 5.41) is 33.0. The molecular formula is C32H53N5O6. The summed E-state index contributed by atoms with van der Waals surface area (Å²) >= 11 is 0. The van der Waals surface area contributed by atoms with Gasteiger partial charge in [0.2, 0.25) is 5.91 Å². The van der Waals surface area contributed by atoms with Gasteiger partial charge in [0.1, 0.15) is 6.10 Å². The molecule has 1 unspecified atom stereocenters. The molecule has 5 N–H and O–H groups in total.